The summed E-state index contributed by atoms with van der Waals surface area (Å²) in [6, 6.07) is 7.10. The van der Waals surface area contributed by atoms with Gasteiger partial charge in [0.25, 0.3) is 5.56 Å². The highest BCUT2D eigenvalue weighted by Gasteiger charge is 2.19. The molecule has 1 fully saturated rings. The molecular formula is C14H15BrClN4O+. The molecule has 7 heteroatoms. The van der Waals surface area contributed by atoms with Crippen molar-refractivity contribution in [2.45, 2.75) is 0 Å². The number of hydrogen-bond donors (Lipinski definition) is 1. The minimum atomic E-state index is -0.177. The molecule has 0 spiro atoms. The van der Waals surface area contributed by atoms with Gasteiger partial charge in [0.1, 0.15) is 4.47 Å². The first-order chi connectivity index (χ1) is 10.2. The Hall–Kier alpha value is -1.37. The first-order valence-electron chi connectivity index (χ1n) is 6.77. The molecule has 5 nitrogen and oxygen atoms in total. The van der Waals surface area contributed by atoms with E-state index in [1.54, 1.807) is 24.4 Å². The highest BCUT2D eigenvalue weighted by molar-refractivity contribution is 9.10. The minimum Gasteiger partial charge on any atom is -0.358 e. The van der Waals surface area contributed by atoms with Crippen LogP contribution in [0.2, 0.25) is 5.02 Å². The van der Waals surface area contributed by atoms with E-state index in [1.165, 1.54) is 4.68 Å². The predicted octanol–water partition coefficient (Wildman–Crippen LogP) is 1.03. The van der Waals surface area contributed by atoms with E-state index < -0.39 is 0 Å². The average molecular weight is 371 g/mol. The van der Waals surface area contributed by atoms with Gasteiger partial charge in [0, 0.05) is 5.02 Å². The molecule has 0 unspecified atom stereocenters. The van der Waals surface area contributed by atoms with Crippen LogP contribution in [0.25, 0.3) is 5.69 Å². The molecule has 1 aromatic heterocycles. The monoisotopic (exact) mass is 369 g/mol. The zero-order valence-electron chi connectivity index (χ0n) is 11.3. The van der Waals surface area contributed by atoms with Crippen molar-refractivity contribution in [3.05, 3.63) is 50.3 Å². The van der Waals surface area contributed by atoms with Crippen molar-refractivity contribution in [3.63, 3.8) is 0 Å². The van der Waals surface area contributed by atoms with Crippen molar-refractivity contribution in [1.29, 1.82) is 0 Å². The number of anilines is 1. The molecule has 0 aliphatic carbocycles. The van der Waals surface area contributed by atoms with E-state index in [2.05, 4.69) is 31.2 Å². The summed E-state index contributed by atoms with van der Waals surface area (Å²) in [5, 5.41) is 7.13. The van der Waals surface area contributed by atoms with E-state index in [-0.39, 0.29) is 5.56 Å². The van der Waals surface area contributed by atoms with Gasteiger partial charge in [-0.1, -0.05) is 17.7 Å². The lowest BCUT2D eigenvalue weighted by atomic mass is 10.3. The van der Waals surface area contributed by atoms with Gasteiger partial charge in [0.05, 0.1) is 43.8 Å². The molecule has 1 saturated heterocycles. The molecule has 1 aromatic carbocycles. The van der Waals surface area contributed by atoms with Gasteiger partial charge in [0.2, 0.25) is 0 Å². The topological polar surface area (TPSA) is 54.7 Å². The Bertz CT molecular complexity index is 712. The number of aromatic nitrogens is 2. The van der Waals surface area contributed by atoms with Crippen molar-refractivity contribution in [2.24, 2.45) is 0 Å². The Morgan fingerprint density at radius 2 is 2.05 bits per heavy atom. The van der Waals surface area contributed by atoms with Gasteiger partial charge in [-0.3, -0.25) is 4.79 Å². The van der Waals surface area contributed by atoms with Crippen LogP contribution in [-0.4, -0.2) is 36.0 Å². The number of nitrogens with zero attached hydrogens (tertiary/aromatic N) is 3. The van der Waals surface area contributed by atoms with Crippen LogP contribution in [0.1, 0.15) is 0 Å². The molecule has 2 N–H and O–H groups in total. The van der Waals surface area contributed by atoms with E-state index in [1.807, 2.05) is 6.07 Å². The Labute approximate surface area is 135 Å². The van der Waals surface area contributed by atoms with Gasteiger partial charge in [-0.15, -0.1) is 0 Å². The maximum atomic E-state index is 12.5. The van der Waals surface area contributed by atoms with Crippen LogP contribution in [0.4, 0.5) is 5.69 Å². The number of rotatable bonds is 2. The second-order valence-electron chi connectivity index (χ2n) is 4.89. The second-order valence-corrected chi connectivity index (χ2v) is 6.12. The zero-order valence-corrected chi connectivity index (χ0v) is 13.6. The Morgan fingerprint density at radius 1 is 1.29 bits per heavy atom. The number of halogens is 2. The maximum Gasteiger partial charge on any atom is 0.287 e. The van der Waals surface area contributed by atoms with E-state index in [0.717, 1.165) is 31.9 Å². The summed E-state index contributed by atoms with van der Waals surface area (Å²) in [6.07, 6.45) is 1.73. The third-order valence-corrected chi connectivity index (χ3v) is 4.48. The molecule has 1 aliphatic rings. The van der Waals surface area contributed by atoms with Crippen molar-refractivity contribution < 1.29 is 5.32 Å². The fraction of sp³-hybridized carbons (Fsp3) is 0.286. The largest absolute Gasteiger partial charge is 0.358 e. The summed E-state index contributed by atoms with van der Waals surface area (Å²) in [6.45, 7) is 3.90. The molecule has 2 heterocycles. The molecule has 110 valence electrons. The van der Waals surface area contributed by atoms with Crippen molar-refractivity contribution >= 4 is 33.2 Å². The summed E-state index contributed by atoms with van der Waals surface area (Å²) in [5.41, 5.74) is 1.34. The number of piperazine rings is 1. The van der Waals surface area contributed by atoms with E-state index in [4.69, 9.17) is 11.6 Å². The molecule has 0 saturated carbocycles. The van der Waals surface area contributed by atoms with E-state index in [0.29, 0.717) is 15.2 Å². The van der Waals surface area contributed by atoms with Crippen LogP contribution < -0.4 is 15.8 Å². The Kier molecular flexibility index (Phi) is 4.28. The van der Waals surface area contributed by atoms with Gasteiger partial charge in [-0.05, 0) is 34.1 Å². The summed E-state index contributed by atoms with van der Waals surface area (Å²) >= 11 is 9.40. The summed E-state index contributed by atoms with van der Waals surface area (Å²) in [5.74, 6) is 0. The highest BCUT2D eigenvalue weighted by Crippen LogP contribution is 2.22. The Morgan fingerprint density at radius 3 is 2.76 bits per heavy atom. The fourth-order valence-electron chi connectivity index (χ4n) is 2.43. The molecule has 0 atom stereocenters. The van der Waals surface area contributed by atoms with E-state index >= 15 is 0 Å². The van der Waals surface area contributed by atoms with Gasteiger partial charge in [0.15, 0.2) is 0 Å². The molecular weight excluding hydrogens is 356 g/mol. The summed E-state index contributed by atoms with van der Waals surface area (Å²) in [4.78, 5) is 14.7. The first-order valence-corrected chi connectivity index (χ1v) is 7.94. The quantitative estimate of drug-likeness (QED) is 0.859. The summed E-state index contributed by atoms with van der Waals surface area (Å²) in [7, 11) is 0. The number of quaternary nitrogens is 1. The van der Waals surface area contributed by atoms with Crippen LogP contribution in [-0.2, 0) is 0 Å². The molecule has 3 rings (SSSR count). The lowest BCUT2D eigenvalue weighted by Crippen LogP contribution is -2.89. The predicted molar refractivity (Wildman–Crippen MR) is 86.4 cm³/mol. The maximum absolute atomic E-state index is 12.5. The third kappa shape index (κ3) is 2.97. The lowest BCUT2D eigenvalue weighted by molar-refractivity contribution is -0.655. The molecule has 0 amide bonds. The molecule has 0 bridgehead atoms. The lowest BCUT2D eigenvalue weighted by Gasteiger charge is -2.27. The molecule has 0 radical (unpaired) electrons. The van der Waals surface area contributed by atoms with Gasteiger partial charge < -0.3 is 10.2 Å². The van der Waals surface area contributed by atoms with Crippen LogP contribution in [0.5, 0.6) is 0 Å². The fourth-order valence-corrected chi connectivity index (χ4v) is 3.13. The average Bonchev–Trinajstić information content (AvgIpc) is 2.51. The Balaban J connectivity index is 2.02. The molecule has 2 aromatic rings. The normalized spacial score (nSPS) is 15.2. The van der Waals surface area contributed by atoms with Gasteiger partial charge in [-0.25, -0.2) is 0 Å². The summed E-state index contributed by atoms with van der Waals surface area (Å²) < 4.78 is 1.90. The van der Waals surface area contributed by atoms with Crippen molar-refractivity contribution in [2.75, 3.05) is 31.1 Å². The minimum absolute atomic E-state index is 0.177. The van der Waals surface area contributed by atoms with Crippen LogP contribution in [0.15, 0.2) is 39.7 Å². The number of benzene rings is 1. The first kappa shape index (κ1) is 14.6. The number of hydrogen-bond acceptors (Lipinski definition) is 3. The van der Waals surface area contributed by atoms with Gasteiger partial charge >= 0.3 is 0 Å². The SMILES string of the molecule is O=c1c(Br)c(N2CC[NH2+]CC2)cnn1-c1cccc(Cl)c1. The van der Waals surface area contributed by atoms with Crippen LogP contribution in [0.3, 0.4) is 0 Å². The van der Waals surface area contributed by atoms with Gasteiger partial charge in [-0.2, -0.15) is 9.78 Å². The number of nitrogens with two attached hydrogens (primary N) is 1. The second kappa shape index (κ2) is 6.17. The van der Waals surface area contributed by atoms with Crippen molar-refractivity contribution in [3.8, 4) is 5.69 Å². The van der Waals surface area contributed by atoms with E-state index in [9.17, 15) is 4.79 Å². The zero-order chi connectivity index (χ0) is 14.8. The van der Waals surface area contributed by atoms with Crippen LogP contribution >= 0.6 is 27.5 Å². The van der Waals surface area contributed by atoms with Crippen molar-refractivity contribution in [1.82, 2.24) is 9.78 Å². The third-order valence-electron chi connectivity index (χ3n) is 3.50. The molecule has 21 heavy (non-hydrogen) atoms. The highest BCUT2D eigenvalue weighted by atomic mass is 79.9. The van der Waals surface area contributed by atoms with Crippen LogP contribution in [0, 0.1) is 0 Å². The molecule has 1 aliphatic heterocycles. The smallest absolute Gasteiger partial charge is 0.287 e. The standard InChI is InChI=1S/C14H14BrClN4O/c15-13-12(19-6-4-17-5-7-19)9-18-20(14(13)21)11-3-1-2-10(16)8-11/h1-3,8-9,17H,4-7H2/p+1.